The van der Waals surface area contributed by atoms with Crippen molar-refractivity contribution in [3.05, 3.63) is 47.2 Å². The molecule has 1 N–H and O–H groups in total. The van der Waals surface area contributed by atoms with Crippen LogP contribution in [0.2, 0.25) is 0 Å². The first kappa shape index (κ1) is 13.9. The Labute approximate surface area is 115 Å². The normalized spacial score (nSPS) is 12.6. The molecule has 0 saturated carbocycles. The zero-order valence-corrected chi connectivity index (χ0v) is 12.3. The van der Waals surface area contributed by atoms with Crippen molar-refractivity contribution < 1.29 is 4.42 Å². The van der Waals surface area contributed by atoms with Gasteiger partial charge in [0, 0.05) is 5.56 Å². The van der Waals surface area contributed by atoms with E-state index in [4.69, 9.17) is 4.42 Å². The van der Waals surface area contributed by atoms with Crippen LogP contribution in [0.1, 0.15) is 43.2 Å². The van der Waals surface area contributed by atoms with Gasteiger partial charge < -0.3 is 9.73 Å². The maximum atomic E-state index is 5.96. The molecule has 0 amide bonds. The minimum Gasteiger partial charge on any atom is -0.459 e. The van der Waals surface area contributed by atoms with E-state index in [0.717, 1.165) is 30.0 Å². The predicted octanol–water partition coefficient (Wildman–Crippen LogP) is 4.62. The van der Waals surface area contributed by atoms with Crippen LogP contribution in [0.3, 0.4) is 0 Å². The molecule has 1 atom stereocenters. The zero-order chi connectivity index (χ0) is 13.8. The fourth-order valence-electron chi connectivity index (χ4n) is 2.10. The summed E-state index contributed by atoms with van der Waals surface area (Å²) in [5, 5.41) is 3.44. The molecule has 1 unspecified atom stereocenters. The van der Waals surface area contributed by atoms with Crippen LogP contribution in [0, 0.1) is 13.8 Å². The largest absolute Gasteiger partial charge is 0.459 e. The molecule has 0 fully saturated rings. The molecule has 0 radical (unpaired) electrons. The minimum atomic E-state index is 0.264. The molecule has 2 aromatic rings. The summed E-state index contributed by atoms with van der Waals surface area (Å²) in [6.45, 7) is 9.58. The first-order valence-corrected chi connectivity index (χ1v) is 7.02. The average Bonchev–Trinajstić information content (AvgIpc) is 2.89. The first-order chi connectivity index (χ1) is 9.11. The van der Waals surface area contributed by atoms with Gasteiger partial charge in [0.05, 0.1) is 6.04 Å². The molecule has 0 bridgehead atoms. The second kappa shape index (κ2) is 6.07. The molecule has 102 valence electrons. The minimum absolute atomic E-state index is 0.264. The molecular formula is C17H23NO. The Morgan fingerprint density at radius 1 is 1.11 bits per heavy atom. The summed E-state index contributed by atoms with van der Waals surface area (Å²) in [6.07, 6.45) is 1.13. The van der Waals surface area contributed by atoms with Crippen molar-refractivity contribution >= 4 is 0 Å². The Bertz CT molecular complexity index is 542. The van der Waals surface area contributed by atoms with E-state index >= 15 is 0 Å². The topological polar surface area (TPSA) is 25.2 Å². The van der Waals surface area contributed by atoms with Crippen LogP contribution in [-0.4, -0.2) is 6.54 Å². The Hall–Kier alpha value is -1.54. The molecule has 0 spiro atoms. The number of hydrogen-bond acceptors (Lipinski definition) is 2. The van der Waals surface area contributed by atoms with Crippen LogP contribution in [-0.2, 0) is 0 Å². The predicted molar refractivity (Wildman–Crippen MR) is 80.3 cm³/mol. The Balaban J connectivity index is 2.18. The van der Waals surface area contributed by atoms with Crippen molar-refractivity contribution in [3.8, 4) is 11.3 Å². The number of rotatable bonds is 5. The maximum Gasteiger partial charge on any atom is 0.134 e. The third kappa shape index (κ3) is 3.27. The molecule has 19 heavy (non-hydrogen) atoms. The first-order valence-electron chi connectivity index (χ1n) is 7.02. The van der Waals surface area contributed by atoms with Crippen molar-refractivity contribution in [2.24, 2.45) is 0 Å². The van der Waals surface area contributed by atoms with E-state index in [1.54, 1.807) is 0 Å². The summed E-state index contributed by atoms with van der Waals surface area (Å²) in [4.78, 5) is 0. The van der Waals surface area contributed by atoms with Crippen LogP contribution >= 0.6 is 0 Å². The van der Waals surface area contributed by atoms with Gasteiger partial charge >= 0.3 is 0 Å². The molecule has 2 rings (SSSR count). The Kier molecular flexibility index (Phi) is 4.43. The lowest BCUT2D eigenvalue weighted by atomic mass is 10.1. The highest BCUT2D eigenvalue weighted by Crippen LogP contribution is 2.26. The van der Waals surface area contributed by atoms with E-state index in [-0.39, 0.29) is 6.04 Å². The van der Waals surface area contributed by atoms with Gasteiger partial charge in [-0.25, -0.2) is 0 Å². The second-order valence-corrected chi connectivity index (χ2v) is 5.18. The smallest absolute Gasteiger partial charge is 0.134 e. The number of aryl methyl sites for hydroxylation is 2. The van der Waals surface area contributed by atoms with E-state index in [2.05, 4.69) is 63.3 Å². The van der Waals surface area contributed by atoms with Gasteiger partial charge in [0.15, 0.2) is 0 Å². The van der Waals surface area contributed by atoms with Crippen LogP contribution in [0.15, 0.2) is 34.7 Å². The fourth-order valence-corrected chi connectivity index (χ4v) is 2.10. The number of hydrogen-bond donors (Lipinski definition) is 1. The number of furan rings is 1. The van der Waals surface area contributed by atoms with Gasteiger partial charge in [-0.15, -0.1) is 0 Å². The lowest BCUT2D eigenvalue weighted by molar-refractivity contribution is 0.439. The number of nitrogens with one attached hydrogen (secondary N) is 1. The molecule has 0 saturated heterocycles. The summed E-state index contributed by atoms with van der Waals surface area (Å²) in [7, 11) is 0. The average molecular weight is 257 g/mol. The third-order valence-electron chi connectivity index (χ3n) is 3.55. The maximum absolute atomic E-state index is 5.96. The Morgan fingerprint density at radius 3 is 2.58 bits per heavy atom. The van der Waals surface area contributed by atoms with E-state index in [1.807, 2.05) is 0 Å². The third-order valence-corrected chi connectivity index (χ3v) is 3.55. The van der Waals surface area contributed by atoms with Gasteiger partial charge in [-0.1, -0.05) is 19.1 Å². The van der Waals surface area contributed by atoms with Crippen molar-refractivity contribution in [1.82, 2.24) is 5.32 Å². The van der Waals surface area contributed by atoms with Crippen molar-refractivity contribution in [2.75, 3.05) is 6.54 Å². The highest BCUT2D eigenvalue weighted by molar-refractivity contribution is 5.59. The highest BCUT2D eigenvalue weighted by atomic mass is 16.3. The van der Waals surface area contributed by atoms with Gasteiger partial charge in [-0.3, -0.25) is 0 Å². The molecule has 1 heterocycles. The van der Waals surface area contributed by atoms with E-state index in [0.29, 0.717) is 0 Å². The summed E-state index contributed by atoms with van der Waals surface area (Å²) in [5.41, 5.74) is 3.76. The van der Waals surface area contributed by atoms with Crippen LogP contribution in [0.4, 0.5) is 0 Å². The van der Waals surface area contributed by atoms with Gasteiger partial charge in [-0.05, 0) is 63.1 Å². The van der Waals surface area contributed by atoms with Crippen LogP contribution in [0.25, 0.3) is 11.3 Å². The van der Waals surface area contributed by atoms with Crippen molar-refractivity contribution in [1.29, 1.82) is 0 Å². The van der Waals surface area contributed by atoms with E-state index in [9.17, 15) is 0 Å². The molecule has 0 aliphatic carbocycles. The summed E-state index contributed by atoms with van der Waals surface area (Å²) < 4.78 is 5.96. The second-order valence-electron chi connectivity index (χ2n) is 5.18. The quantitative estimate of drug-likeness (QED) is 0.845. The zero-order valence-electron chi connectivity index (χ0n) is 12.3. The fraction of sp³-hybridized carbons (Fsp3) is 0.412. The van der Waals surface area contributed by atoms with Gasteiger partial charge in [-0.2, -0.15) is 0 Å². The molecule has 0 aliphatic heterocycles. The Morgan fingerprint density at radius 2 is 1.89 bits per heavy atom. The lowest BCUT2D eigenvalue weighted by Crippen LogP contribution is -2.18. The SMILES string of the molecule is CCCNC(C)c1ccc(-c2ccc(C)c(C)c2)o1. The van der Waals surface area contributed by atoms with Crippen molar-refractivity contribution in [3.63, 3.8) is 0 Å². The van der Waals surface area contributed by atoms with E-state index in [1.165, 1.54) is 11.1 Å². The molecule has 2 heteroatoms. The molecule has 1 aromatic carbocycles. The summed E-state index contributed by atoms with van der Waals surface area (Å²) in [6, 6.07) is 10.8. The van der Waals surface area contributed by atoms with E-state index < -0.39 is 0 Å². The lowest BCUT2D eigenvalue weighted by Gasteiger charge is -2.10. The van der Waals surface area contributed by atoms with Gasteiger partial charge in [0.2, 0.25) is 0 Å². The van der Waals surface area contributed by atoms with Gasteiger partial charge in [0.25, 0.3) is 0 Å². The van der Waals surface area contributed by atoms with Crippen LogP contribution in [0.5, 0.6) is 0 Å². The summed E-state index contributed by atoms with van der Waals surface area (Å²) >= 11 is 0. The monoisotopic (exact) mass is 257 g/mol. The molecule has 0 aliphatic rings. The standard InChI is InChI=1S/C17H23NO/c1-5-10-18-14(4)16-8-9-17(19-16)15-7-6-12(2)13(3)11-15/h6-9,11,14,18H,5,10H2,1-4H3. The molecule has 2 nitrogen and oxygen atoms in total. The highest BCUT2D eigenvalue weighted by Gasteiger charge is 2.11. The van der Waals surface area contributed by atoms with Gasteiger partial charge in [0.1, 0.15) is 11.5 Å². The van der Waals surface area contributed by atoms with Crippen molar-refractivity contribution in [2.45, 2.75) is 40.2 Å². The number of benzene rings is 1. The molecule has 1 aromatic heterocycles. The summed E-state index contributed by atoms with van der Waals surface area (Å²) in [5.74, 6) is 1.95. The van der Waals surface area contributed by atoms with Crippen LogP contribution < -0.4 is 5.32 Å². The molecular weight excluding hydrogens is 234 g/mol.